The van der Waals surface area contributed by atoms with Gasteiger partial charge in [0.05, 0.1) is 23.3 Å². The quantitative estimate of drug-likeness (QED) is 0.503. The zero-order valence-electron chi connectivity index (χ0n) is 17.9. The number of halogens is 1. The molecule has 0 saturated heterocycles. The number of benzene rings is 2. The van der Waals surface area contributed by atoms with Crippen molar-refractivity contribution in [3.05, 3.63) is 82.1 Å². The van der Waals surface area contributed by atoms with Crippen molar-refractivity contribution in [2.45, 2.75) is 27.3 Å². The van der Waals surface area contributed by atoms with E-state index in [1.54, 1.807) is 11.6 Å². The highest BCUT2D eigenvalue weighted by Crippen LogP contribution is 2.37. The molecule has 2 aromatic heterocycles. The molecule has 4 N–H and O–H groups in total. The summed E-state index contributed by atoms with van der Waals surface area (Å²) in [6, 6.07) is 12.2. The Hall–Kier alpha value is -4.07. The van der Waals surface area contributed by atoms with Gasteiger partial charge in [-0.1, -0.05) is 35.9 Å². The summed E-state index contributed by atoms with van der Waals surface area (Å²) >= 11 is 0. The Kier molecular flexibility index (Phi) is 5.22. The van der Waals surface area contributed by atoms with E-state index in [-0.39, 0.29) is 27.7 Å². The van der Waals surface area contributed by atoms with Gasteiger partial charge in [-0.05, 0) is 38.5 Å². The second kappa shape index (κ2) is 7.88. The fourth-order valence-electron chi connectivity index (χ4n) is 4.14. The summed E-state index contributed by atoms with van der Waals surface area (Å²) in [6.45, 7) is 6.04. The summed E-state index contributed by atoms with van der Waals surface area (Å²) in [4.78, 5) is 29.2. The molecule has 162 valence electrons. The molecule has 8 heteroatoms. The maximum atomic E-state index is 14.8. The van der Waals surface area contributed by atoms with Gasteiger partial charge in [0.15, 0.2) is 0 Å². The lowest BCUT2D eigenvalue weighted by atomic mass is 9.92. The summed E-state index contributed by atoms with van der Waals surface area (Å²) in [5.74, 6) is -2.40. The van der Waals surface area contributed by atoms with E-state index in [1.807, 2.05) is 38.1 Å². The van der Waals surface area contributed by atoms with E-state index < -0.39 is 17.6 Å². The van der Waals surface area contributed by atoms with Crippen molar-refractivity contribution >= 4 is 22.7 Å². The molecule has 2 aromatic carbocycles. The number of carbonyl (C=O) groups is 2. The predicted octanol–water partition coefficient (Wildman–Crippen LogP) is 3.41. The number of nitrogens with zero attached hydrogens (tertiary/aromatic N) is 3. The first-order chi connectivity index (χ1) is 15.2. The molecule has 32 heavy (non-hydrogen) atoms. The van der Waals surface area contributed by atoms with Crippen molar-refractivity contribution < 1.29 is 14.0 Å². The molecule has 0 fully saturated rings. The molecule has 0 aliphatic rings. The number of hydrogen-bond acceptors (Lipinski definition) is 4. The number of fused-ring (bicyclic) bond motifs is 1. The lowest BCUT2D eigenvalue weighted by Crippen LogP contribution is -2.21. The van der Waals surface area contributed by atoms with Gasteiger partial charge in [0.1, 0.15) is 11.5 Å². The van der Waals surface area contributed by atoms with E-state index in [9.17, 15) is 14.0 Å². The van der Waals surface area contributed by atoms with E-state index in [4.69, 9.17) is 11.5 Å². The van der Waals surface area contributed by atoms with E-state index in [1.165, 1.54) is 18.2 Å². The molecule has 0 aliphatic heterocycles. The van der Waals surface area contributed by atoms with Crippen molar-refractivity contribution in [3.63, 3.8) is 0 Å². The zero-order chi connectivity index (χ0) is 23.2. The molecule has 0 aliphatic carbocycles. The molecule has 0 atom stereocenters. The number of amides is 2. The average molecular weight is 431 g/mol. The number of rotatable bonds is 5. The molecule has 0 spiro atoms. The smallest absolute Gasteiger partial charge is 0.267 e. The lowest BCUT2D eigenvalue weighted by molar-refractivity contribution is 0.0996. The van der Waals surface area contributed by atoms with Crippen LogP contribution in [0.3, 0.4) is 0 Å². The highest BCUT2D eigenvalue weighted by atomic mass is 19.1. The minimum atomic E-state index is -0.884. The molecule has 7 nitrogen and oxygen atoms in total. The van der Waals surface area contributed by atoms with Gasteiger partial charge in [-0.25, -0.2) is 9.37 Å². The van der Waals surface area contributed by atoms with Gasteiger partial charge >= 0.3 is 0 Å². The maximum absolute atomic E-state index is 14.8. The molecule has 0 saturated carbocycles. The van der Waals surface area contributed by atoms with Crippen LogP contribution in [0.5, 0.6) is 0 Å². The van der Waals surface area contributed by atoms with Gasteiger partial charge in [-0.15, -0.1) is 0 Å². The van der Waals surface area contributed by atoms with Gasteiger partial charge in [0, 0.05) is 22.2 Å². The van der Waals surface area contributed by atoms with Gasteiger partial charge in [0.2, 0.25) is 5.91 Å². The van der Waals surface area contributed by atoms with Crippen molar-refractivity contribution in [1.29, 1.82) is 0 Å². The van der Waals surface area contributed by atoms with E-state index >= 15 is 0 Å². The fraction of sp³-hybridized carbons (Fsp3) is 0.167. The summed E-state index contributed by atoms with van der Waals surface area (Å²) in [5, 5.41) is 4.56. The minimum Gasteiger partial charge on any atom is -0.366 e. The van der Waals surface area contributed by atoms with Crippen LogP contribution < -0.4 is 11.5 Å². The Balaban J connectivity index is 2.03. The molecule has 2 heterocycles. The number of carbonyl (C=O) groups excluding carboxylic acids is 2. The number of primary amides is 2. The third-order valence-electron chi connectivity index (χ3n) is 5.49. The second-order valence-electron chi connectivity index (χ2n) is 7.77. The Bertz CT molecular complexity index is 1410. The summed E-state index contributed by atoms with van der Waals surface area (Å²) in [7, 11) is 0. The molecule has 4 rings (SSSR count). The first-order valence-corrected chi connectivity index (χ1v) is 10.0. The monoisotopic (exact) mass is 431 g/mol. The highest BCUT2D eigenvalue weighted by molar-refractivity contribution is 6.15. The zero-order valence-corrected chi connectivity index (χ0v) is 17.9. The van der Waals surface area contributed by atoms with Gasteiger partial charge in [-0.3, -0.25) is 14.3 Å². The van der Waals surface area contributed by atoms with Crippen LogP contribution in [-0.2, 0) is 6.54 Å². The molecule has 0 unspecified atom stereocenters. The van der Waals surface area contributed by atoms with Crippen LogP contribution in [0.2, 0.25) is 0 Å². The Labute approximate surface area is 183 Å². The van der Waals surface area contributed by atoms with E-state index in [0.717, 1.165) is 11.1 Å². The van der Waals surface area contributed by atoms with E-state index in [0.29, 0.717) is 23.5 Å². The third-order valence-corrected chi connectivity index (χ3v) is 5.49. The van der Waals surface area contributed by atoms with Gasteiger partial charge in [0.25, 0.3) is 5.91 Å². The predicted molar refractivity (Wildman–Crippen MR) is 120 cm³/mol. The number of aromatic nitrogens is 3. The fourth-order valence-corrected chi connectivity index (χ4v) is 4.14. The molecule has 4 aromatic rings. The van der Waals surface area contributed by atoms with Crippen LogP contribution in [0, 0.1) is 26.6 Å². The third kappa shape index (κ3) is 3.49. The normalized spacial score (nSPS) is 11.1. The molecule has 2 amide bonds. The van der Waals surface area contributed by atoms with Crippen LogP contribution in [-0.4, -0.2) is 26.6 Å². The Morgan fingerprint density at radius 1 is 1.00 bits per heavy atom. The van der Waals surface area contributed by atoms with Crippen LogP contribution in [0.4, 0.5) is 4.39 Å². The SMILES string of the molecule is Cc1cccc(Cn2nc(C)c(-c3c(C(N)=O)nc4cccc(F)c4c3C(N)=O)c2C)c1. The number of pyridine rings is 1. The summed E-state index contributed by atoms with van der Waals surface area (Å²) in [6.07, 6.45) is 0. The summed E-state index contributed by atoms with van der Waals surface area (Å²) < 4.78 is 16.5. The number of hydrogen-bond donors (Lipinski definition) is 2. The largest absolute Gasteiger partial charge is 0.366 e. The molecular weight excluding hydrogens is 409 g/mol. The standard InChI is InChI=1S/C24H22FN5O2/c1-12-6-4-7-15(10-12)11-30-14(3)18(13(2)29-30)20-21(23(26)31)19-16(25)8-5-9-17(19)28-22(20)24(27)32/h4-10H,11H2,1-3H3,(H2,26,31)(H2,27,32). The minimum absolute atomic E-state index is 0.0507. The molecular formula is C24H22FN5O2. The maximum Gasteiger partial charge on any atom is 0.267 e. The first kappa shape index (κ1) is 21.2. The highest BCUT2D eigenvalue weighted by Gasteiger charge is 2.28. The first-order valence-electron chi connectivity index (χ1n) is 10.0. The second-order valence-corrected chi connectivity index (χ2v) is 7.77. The van der Waals surface area contributed by atoms with Crippen molar-refractivity contribution in [3.8, 4) is 11.1 Å². The van der Waals surface area contributed by atoms with Crippen LogP contribution in [0.15, 0.2) is 42.5 Å². The average Bonchev–Trinajstić information content (AvgIpc) is 2.99. The van der Waals surface area contributed by atoms with Crippen molar-refractivity contribution in [2.75, 3.05) is 0 Å². The van der Waals surface area contributed by atoms with Gasteiger partial charge < -0.3 is 11.5 Å². The summed E-state index contributed by atoms with van der Waals surface area (Å²) in [5.41, 5.74) is 15.1. The number of aryl methyl sites for hydroxylation is 2. The Morgan fingerprint density at radius 3 is 2.38 bits per heavy atom. The van der Waals surface area contributed by atoms with Crippen LogP contribution in [0.25, 0.3) is 22.0 Å². The Morgan fingerprint density at radius 2 is 1.72 bits per heavy atom. The van der Waals surface area contributed by atoms with Crippen molar-refractivity contribution in [1.82, 2.24) is 14.8 Å². The van der Waals surface area contributed by atoms with Crippen LogP contribution >= 0.6 is 0 Å². The lowest BCUT2D eigenvalue weighted by Gasteiger charge is -2.15. The topological polar surface area (TPSA) is 117 Å². The molecule has 0 radical (unpaired) electrons. The van der Waals surface area contributed by atoms with E-state index in [2.05, 4.69) is 10.1 Å². The van der Waals surface area contributed by atoms with Gasteiger partial charge in [-0.2, -0.15) is 5.10 Å². The van der Waals surface area contributed by atoms with Crippen molar-refractivity contribution in [2.24, 2.45) is 11.5 Å². The number of nitrogens with two attached hydrogens (primary N) is 2. The molecule has 0 bridgehead atoms. The van der Waals surface area contributed by atoms with Crippen LogP contribution in [0.1, 0.15) is 43.4 Å².